The van der Waals surface area contributed by atoms with E-state index >= 15 is 0 Å². The first-order valence-corrected chi connectivity index (χ1v) is 6.91. The minimum atomic E-state index is -1.04. The zero-order valence-corrected chi connectivity index (χ0v) is 12.1. The highest BCUT2D eigenvalue weighted by atomic mass is 79.9. The van der Waals surface area contributed by atoms with Crippen molar-refractivity contribution in [2.75, 3.05) is 0 Å². The first-order chi connectivity index (χ1) is 7.64. The lowest BCUT2D eigenvalue weighted by molar-refractivity contribution is -0.164. The molecular formula is C10H14BrNO4S. The highest BCUT2D eigenvalue weighted by molar-refractivity contribution is 9.10. The third kappa shape index (κ3) is 1.48. The van der Waals surface area contributed by atoms with Gasteiger partial charge < -0.3 is 15.1 Å². The Morgan fingerprint density at radius 3 is 2.53 bits per heavy atom. The van der Waals surface area contributed by atoms with Crippen LogP contribution in [0.25, 0.3) is 0 Å². The predicted molar refractivity (Wildman–Crippen MR) is 67.1 cm³/mol. The molecule has 0 saturated carbocycles. The van der Waals surface area contributed by atoms with Gasteiger partial charge in [-0.1, -0.05) is 15.9 Å². The molecule has 2 N–H and O–H groups in total. The Kier molecular flexibility index (Phi) is 2.80. The largest absolute Gasteiger partial charge is 0.480 e. The number of alkyl halides is 1. The number of β-lactam (4-membered cyclic amide) rings is 1. The lowest BCUT2D eigenvalue weighted by atomic mass is 9.88. The topological polar surface area (TPSA) is 77.8 Å². The minimum absolute atomic E-state index is 0.328. The number of aliphatic carboxylic acids is 1. The van der Waals surface area contributed by atoms with Crippen molar-refractivity contribution in [1.82, 2.24) is 4.90 Å². The molecule has 0 aromatic rings. The average molecular weight is 324 g/mol. The number of carboxylic acids is 1. The Balaban J connectivity index is 2.37. The molecule has 2 fully saturated rings. The summed E-state index contributed by atoms with van der Waals surface area (Å²) in [5, 5.41) is 18.6. The predicted octanol–water partition coefficient (Wildman–Crippen LogP) is 0.648. The SMILES string of the molecule is C[C@@H](O)[C@]1(Br)C(=O)N2[C@@H](C(=O)O)C(C)(C)S[C@@H]21. The fourth-order valence-electron chi connectivity index (χ4n) is 2.43. The van der Waals surface area contributed by atoms with Gasteiger partial charge in [-0.2, -0.15) is 0 Å². The Bertz CT molecular complexity index is 400. The molecule has 2 saturated heterocycles. The van der Waals surface area contributed by atoms with Gasteiger partial charge in [0.1, 0.15) is 11.4 Å². The molecule has 0 bridgehead atoms. The zero-order chi connectivity index (χ0) is 13.2. The highest BCUT2D eigenvalue weighted by Gasteiger charge is 2.72. The van der Waals surface area contributed by atoms with Crippen LogP contribution in [0.1, 0.15) is 20.8 Å². The summed E-state index contributed by atoms with van der Waals surface area (Å²) >= 11 is 4.69. The summed E-state index contributed by atoms with van der Waals surface area (Å²) in [5.74, 6) is -1.35. The quantitative estimate of drug-likeness (QED) is 0.576. The van der Waals surface area contributed by atoms with Gasteiger partial charge in [0.15, 0.2) is 4.32 Å². The number of carbonyl (C=O) groups is 2. The van der Waals surface area contributed by atoms with Gasteiger partial charge in [-0.15, -0.1) is 11.8 Å². The van der Waals surface area contributed by atoms with Crippen LogP contribution in [0.4, 0.5) is 0 Å². The van der Waals surface area contributed by atoms with Crippen molar-refractivity contribution in [3.8, 4) is 0 Å². The maximum Gasteiger partial charge on any atom is 0.327 e. The minimum Gasteiger partial charge on any atom is -0.480 e. The van der Waals surface area contributed by atoms with E-state index in [1.54, 1.807) is 13.8 Å². The van der Waals surface area contributed by atoms with E-state index in [1.165, 1.54) is 23.6 Å². The van der Waals surface area contributed by atoms with E-state index in [0.29, 0.717) is 0 Å². The van der Waals surface area contributed by atoms with E-state index in [0.717, 1.165) is 0 Å². The number of rotatable bonds is 2. The normalized spacial score (nSPS) is 40.8. The molecule has 17 heavy (non-hydrogen) atoms. The van der Waals surface area contributed by atoms with E-state index in [4.69, 9.17) is 0 Å². The monoisotopic (exact) mass is 323 g/mol. The van der Waals surface area contributed by atoms with Crippen LogP contribution in [-0.4, -0.2) is 53.6 Å². The molecule has 2 rings (SSSR count). The molecule has 0 unspecified atom stereocenters. The van der Waals surface area contributed by atoms with Gasteiger partial charge in [-0.3, -0.25) is 4.79 Å². The van der Waals surface area contributed by atoms with Crippen molar-refractivity contribution in [1.29, 1.82) is 0 Å². The maximum absolute atomic E-state index is 12.1. The van der Waals surface area contributed by atoms with E-state index < -0.39 is 27.2 Å². The zero-order valence-electron chi connectivity index (χ0n) is 9.68. The van der Waals surface area contributed by atoms with Gasteiger partial charge >= 0.3 is 5.97 Å². The van der Waals surface area contributed by atoms with Crippen molar-refractivity contribution in [2.45, 2.75) is 47.4 Å². The lowest BCUT2D eigenvalue weighted by Crippen LogP contribution is -2.74. The van der Waals surface area contributed by atoms with Gasteiger partial charge in [0.05, 0.1) is 6.10 Å². The molecule has 2 aliphatic rings. The van der Waals surface area contributed by atoms with Gasteiger partial charge in [0.2, 0.25) is 5.91 Å². The third-order valence-electron chi connectivity index (χ3n) is 3.37. The molecule has 2 aliphatic heterocycles. The van der Waals surface area contributed by atoms with Gasteiger partial charge in [-0.05, 0) is 20.8 Å². The molecule has 96 valence electrons. The fraction of sp³-hybridized carbons (Fsp3) is 0.800. The number of hydrogen-bond donors (Lipinski definition) is 2. The number of carboxylic acid groups (broad SMARTS) is 1. The second kappa shape index (κ2) is 3.61. The molecule has 4 atom stereocenters. The molecule has 7 heteroatoms. The molecule has 0 radical (unpaired) electrons. The van der Waals surface area contributed by atoms with Crippen molar-refractivity contribution in [2.24, 2.45) is 0 Å². The number of nitrogens with zero attached hydrogens (tertiary/aromatic N) is 1. The van der Waals surface area contributed by atoms with Gasteiger partial charge in [0, 0.05) is 4.75 Å². The summed E-state index contributed by atoms with van der Waals surface area (Å²) in [5.41, 5.74) is 0. The second-order valence-corrected chi connectivity index (χ2v) is 8.02. The van der Waals surface area contributed by atoms with Gasteiger partial charge in [-0.25, -0.2) is 4.79 Å². The lowest BCUT2D eigenvalue weighted by Gasteiger charge is -2.51. The Labute approximate surface area is 112 Å². The van der Waals surface area contributed by atoms with Crippen LogP contribution in [0.5, 0.6) is 0 Å². The molecule has 2 heterocycles. The number of fused-ring (bicyclic) bond motifs is 1. The maximum atomic E-state index is 12.1. The first kappa shape index (κ1) is 13.2. The van der Waals surface area contributed by atoms with Crippen LogP contribution in [0.3, 0.4) is 0 Å². The van der Waals surface area contributed by atoms with Crippen LogP contribution in [0.15, 0.2) is 0 Å². The summed E-state index contributed by atoms with van der Waals surface area (Å²) in [6, 6.07) is -0.838. The van der Waals surface area contributed by atoms with Crippen molar-refractivity contribution >= 4 is 39.6 Å². The molecule has 0 aromatic heterocycles. The first-order valence-electron chi connectivity index (χ1n) is 5.24. The van der Waals surface area contributed by atoms with E-state index in [9.17, 15) is 19.8 Å². The molecular weight excluding hydrogens is 310 g/mol. The standard InChI is InChI=1S/C10H14BrNO4S/c1-4(13)10(11)7(16)12-5(6(14)15)9(2,3)17-8(10)12/h4-5,8,13H,1-3H3,(H,14,15)/t4-,5+,8-,10+/m1/s1. The number of carbonyl (C=O) groups excluding carboxylic acids is 1. The van der Waals surface area contributed by atoms with Crippen molar-refractivity contribution in [3.05, 3.63) is 0 Å². The molecule has 0 spiro atoms. The van der Waals surface area contributed by atoms with E-state index in [-0.39, 0.29) is 11.3 Å². The number of hydrogen-bond acceptors (Lipinski definition) is 4. The molecule has 0 aliphatic carbocycles. The molecule has 1 amide bonds. The van der Waals surface area contributed by atoms with Crippen LogP contribution in [0.2, 0.25) is 0 Å². The fourth-order valence-corrected chi connectivity index (χ4v) is 4.85. The van der Waals surface area contributed by atoms with Crippen LogP contribution in [-0.2, 0) is 9.59 Å². The summed E-state index contributed by atoms with van der Waals surface area (Å²) in [6.45, 7) is 5.14. The van der Waals surface area contributed by atoms with Gasteiger partial charge in [0.25, 0.3) is 0 Å². The van der Waals surface area contributed by atoms with Crippen LogP contribution in [0, 0.1) is 0 Å². The number of thioether (sulfide) groups is 1. The summed E-state index contributed by atoms with van der Waals surface area (Å²) in [6.07, 6.45) is -0.855. The van der Waals surface area contributed by atoms with Crippen molar-refractivity contribution < 1.29 is 19.8 Å². The Morgan fingerprint density at radius 2 is 2.12 bits per heavy atom. The smallest absolute Gasteiger partial charge is 0.327 e. The summed E-state index contributed by atoms with van der Waals surface area (Å²) in [4.78, 5) is 24.7. The molecule has 5 nitrogen and oxygen atoms in total. The third-order valence-corrected chi connectivity index (χ3v) is 6.76. The van der Waals surface area contributed by atoms with E-state index in [1.807, 2.05) is 0 Å². The number of amides is 1. The second-order valence-electron chi connectivity index (χ2n) is 4.97. The Hall–Kier alpha value is -0.270. The Morgan fingerprint density at radius 1 is 1.59 bits per heavy atom. The average Bonchev–Trinajstić information content (AvgIpc) is 2.46. The van der Waals surface area contributed by atoms with Crippen LogP contribution < -0.4 is 0 Å². The summed E-state index contributed by atoms with van der Waals surface area (Å²) in [7, 11) is 0. The van der Waals surface area contributed by atoms with Crippen molar-refractivity contribution in [3.63, 3.8) is 0 Å². The number of aliphatic hydroxyl groups excluding tert-OH is 1. The summed E-state index contributed by atoms with van der Waals surface area (Å²) < 4.78 is -1.60. The van der Waals surface area contributed by atoms with Crippen LogP contribution >= 0.6 is 27.7 Å². The number of aliphatic hydroxyl groups is 1. The molecule has 0 aromatic carbocycles. The van der Waals surface area contributed by atoms with E-state index in [2.05, 4.69) is 15.9 Å². The number of halogens is 1. The highest BCUT2D eigenvalue weighted by Crippen LogP contribution is 2.58.